The van der Waals surface area contributed by atoms with Gasteiger partial charge in [0.05, 0.1) is 7.11 Å². The minimum atomic E-state index is 0. The minimum absolute atomic E-state index is 0. The van der Waals surface area contributed by atoms with Crippen LogP contribution >= 0.6 is 12.4 Å². The Labute approximate surface area is 149 Å². The Kier molecular flexibility index (Phi) is 6.63. The van der Waals surface area contributed by atoms with Crippen molar-refractivity contribution < 1.29 is 14.3 Å². The van der Waals surface area contributed by atoms with E-state index in [1.54, 1.807) is 31.4 Å². The summed E-state index contributed by atoms with van der Waals surface area (Å²) in [5.74, 6) is 2.27. The number of ether oxygens (including phenoxy) is 1. The molecule has 2 atom stereocenters. The van der Waals surface area contributed by atoms with E-state index in [1.807, 2.05) is 4.90 Å². The molecule has 0 saturated carbocycles. The Bertz CT molecular complexity index is 564. The second-order valence-electron chi connectivity index (χ2n) is 6.48. The highest BCUT2D eigenvalue weighted by molar-refractivity contribution is 5.96. The van der Waals surface area contributed by atoms with Gasteiger partial charge in [-0.15, -0.1) is 12.4 Å². The van der Waals surface area contributed by atoms with E-state index < -0.39 is 0 Å². The smallest absolute Gasteiger partial charge is 0.222 e. The van der Waals surface area contributed by atoms with Crippen LogP contribution in [0.25, 0.3) is 0 Å². The molecule has 24 heavy (non-hydrogen) atoms. The summed E-state index contributed by atoms with van der Waals surface area (Å²) in [6, 6.07) is 7.13. The predicted octanol–water partition coefficient (Wildman–Crippen LogP) is 2.15. The van der Waals surface area contributed by atoms with Crippen molar-refractivity contribution in [2.75, 3.05) is 33.3 Å². The number of ketones is 1. The normalized spacial score (nSPS) is 22.0. The molecule has 1 N–H and O–H groups in total. The first kappa shape index (κ1) is 18.7. The molecule has 1 aromatic rings. The summed E-state index contributed by atoms with van der Waals surface area (Å²) in [7, 11) is 1.60. The van der Waals surface area contributed by atoms with Gasteiger partial charge >= 0.3 is 0 Å². The van der Waals surface area contributed by atoms with Gasteiger partial charge in [0.25, 0.3) is 0 Å². The number of halogens is 1. The SMILES string of the molecule is COc1ccc(C(=O)CCCC(=O)N2C[C@H]3CNC[C@H]3C2)cc1.Cl. The molecule has 5 nitrogen and oxygen atoms in total. The van der Waals surface area contributed by atoms with Crippen molar-refractivity contribution in [1.82, 2.24) is 10.2 Å². The van der Waals surface area contributed by atoms with Crippen LogP contribution in [0, 0.1) is 11.8 Å². The van der Waals surface area contributed by atoms with E-state index >= 15 is 0 Å². The van der Waals surface area contributed by atoms with E-state index in [9.17, 15) is 9.59 Å². The largest absolute Gasteiger partial charge is 0.497 e. The highest BCUT2D eigenvalue weighted by Crippen LogP contribution is 2.27. The standard InChI is InChI=1S/C18H24N2O3.ClH/c1-23-16-7-5-13(6-8-16)17(21)3-2-4-18(22)20-11-14-9-19-10-15(14)12-20;/h5-8,14-15,19H,2-4,9-12H2,1H3;1H/t14-,15+;. The fraction of sp³-hybridized carbons (Fsp3) is 0.556. The third-order valence-corrected chi connectivity index (χ3v) is 4.95. The number of hydrogen-bond donors (Lipinski definition) is 1. The lowest BCUT2D eigenvalue weighted by molar-refractivity contribution is -0.130. The molecule has 1 amide bonds. The number of amides is 1. The van der Waals surface area contributed by atoms with Crippen molar-refractivity contribution >= 4 is 24.1 Å². The maximum absolute atomic E-state index is 12.3. The van der Waals surface area contributed by atoms with Crippen LogP contribution in [-0.2, 0) is 4.79 Å². The Morgan fingerprint density at radius 3 is 2.33 bits per heavy atom. The monoisotopic (exact) mass is 352 g/mol. The molecular formula is C18H25ClN2O3. The first-order chi connectivity index (χ1) is 11.2. The van der Waals surface area contributed by atoms with Gasteiger partial charge in [-0.25, -0.2) is 0 Å². The second-order valence-corrected chi connectivity index (χ2v) is 6.48. The zero-order valence-corrected chi connectivity index (χ0v) is 14.8. The van der Waals surface area contributed by atoms with E-state index in [-0.39, 0.29) is 24.1 Å². The molecule has 1 aromatic carbocycles. The number of fused-ring (bicyclic) bond motifs is 1. The van der Waals surface area contributed by atoms with E-state index in [0.29, 0.717) is 36.7 Å². The third-order valence-electron chi connectivity index (χ3n) is 4.95. The third kappa shape index (κ3) is 4.28. The number of nitrogens with one attached hydrogen (secondary N) is 1. The van der Waals surface area contributed by atoms with Crippen molar-refractivity contribution in [1.29, 1.82) is 0 Å². The highest BCUT2D eigenvalue weighted by Gasteiger charge is 2.37. The summed E-state index contributed by atoms with van der Waals surface area (Å²) in [6.45, 7) is 3.82. The van der Waals surface area contributed by atoms with Gasteiger partial charge in [-0.05, 0) is 42.5 Å². The molecule has 0 bridgehead atoms. The molecule has 2 aliphatic heterocycles. The number of methoxy groups -OCH3 is 1. The lowest BCUT2D eigenvalue weighted by Gasteiger charge is -2.17. The van der Waals surface area contributed by atoms with Crippen LogP contribution in [-0.4, -0.2) is 49.9 Å². The maximum atomic E-state index is 12.3. The first-order valence-corrected chi connectivity index (χ1v) is 8.33. The summed E-state index contributed by atoms with van der Waals surface area (Å²) < 4.78 is 5.08. The zero-order valence-electron chi connectivity index (χ0n) is 14.0. The van der Waals surface area contributed by atoms with Crippen LogP contribution in [0.2, 0.25) is 0 Å². The minimum Gasteiger partial charge on any atom is -0.497 e. The molecule has 132 valence electrons. The molecule has 3 rings (SSSR count). The van der Waals surface area contributed by atoms with Crippen molar-refractivity contribution in [2.24, 2.45) is 11.8 Å². The van der Waals surface area contributed by atoms with Crippen molar-refractivity contribution in [3.8, 4) is 5.75 Å². The number of hydrogen-bond acceptors (Lipinski definition) is 4. The van der Waals surface area contributed by atoms with Crippen molar-refractivity contribution in [2.45, 2.75) is 19.3 Å². The second kappa shape index (κ2) is 8.49. The van der Waals surface area contributed by atoms with Gasteiger partial charge < -0.3 is 15.0 Å². The molecule has 6 heteroatoms. The van der Waals surface area contributed by atoms with Gasteiger partial charge in [0, 0.05) is 44.6 Å². The van der Waals surface area contributed by atoms with Gasteiger partial charge in [0.2, 0.25) is 5.91 Å². The van der Waals surface area contributed by atoms with Crippen LogP contribution in [0.15, 0.2) is 24.3 Å². The van der Waals surface area contributed by atoms with E-state index in [1.165, 1.54) is 0 Å². The summed E-state index contributed by atoms with van der Waals surface area (Å²) in [5, 5.41) is 3.38. The number of likely N-dealkylation sites (tertiary alicyclic amines) is 1. The molecule has 0 aromatic heterocycles. The summed E-state index contributed by atoms with van der Waals surface area (Å²) in [5.41, 5.74) is 0.681. The number of carbonyl (C=O) groups excluding carboxylic acids is 2. The molecule has 2 aliphatic rings. The fourth-order valence-corrected chi connectivity index (χ4v) is 3.54. The Balaban J connectivity index is 0.00000208. The number of Topliss-reactive ketones (excluding diaryl/α,β-unsaturated/α-hetero) is 1. The van der Waals surface area contributed by atoms with Crippen LogP contribution in [0.5, 0.6) is 5.75 Å². The molecule has 2 heterocycles. The van der Waals surface area contributed by atoms with Crippen molar-refractivity contribution in [3.05, 3.63) is 29.8 Å². The molecule has 0 unspecified atom stereocenters. The summed E-state index contributed by atoms with van der Waals surface area (Å²) >= 11 is 0. The Hall–Kier alpha value is -1.59. The van der Waals surface area contributed by atoms with E-state index in [0.717, 1.165) is 31.9 Å². The Morgan fingerprint density at radius 1 is 1.12 bits per heavy atom. The summed E-state index contributed by atoms with van der Waals surface area (Å²) in [6.07, 6.45) is 1.50. The molecule has 0 radical (unpaired) electrons. The van der Waals surface area contributed by atoms with Gasteiger partial charge in [-0.3, -0.25) is 9.59 Å². The number of benzene rings is 1. The Morgan fingerprint density at radius 2 is 1.75 bits per heavy atom. The fourth-order valence-electron chi connectivity index (χ4n) is 3.54. The predicted molar refractivity (Wildman–Crippen MR) is 94.9 cm³/mol. The first-order valence-electron chi connectivity index (χ1n) is 8.33. The van der Waals surface area contributed by atoms with Crippen LogP contribution in [0.3, 0.4) is 0 Å². The molecular weight excluding hydrogens is 328 g/mol. The molecule has 2 fully saturated rings. The topological polar surface area (TPSA) is 58.6 Å². The van der Waals surface area contributed by atoms with Crippen LogP contribution in [0.4, 0.5) is 0 Å². The van der Waals surface area contributed by atoms with Crippen molar-refractivity contribution in [3.63, 3.8) is 0 Å². The lowest BCUT2D eigenvalue weighted by Crippen LogP contribution is -2.31. The quantitative estimate of drug-likeness (QED) is 0.797. The van der Waals surface area contributed by atoms with E-state index in [4.69, 9.17) is 4.74 Å². The number of rotatable bonds is 6. The molecule has 2 saturated heterocycles. The number of carbonyl (C=O) groups is 2. The molecule has 0 spiro atoms. The van der Waals surface area contributed by atoms with Gasteiger partial charge in [-0.1, -0.05) is 0 Å². The van der Waals surface area contributed by atoms with E-state index in [2.05, 4.69) is 5.32 Å². The number of nitrogens with zero attached hydrogens (tertiary/aromatic N) is 1. The maximum Gasteiger partial charge on any atom is 0.222 e. The van der Waals surface area contributed by atoms with Gasteiger partial charge in [0.15, 0.2) is 5.78 Å². The average molecular weight is 353 g/mol. The van der Waals surface area contributed by atoms with Crippen LogP contribution < -0.4 is 10.1 Å². The lowest BCUT2D eigenvalue weighted by atomic mass is 10.0. The zero-order chi connectivity index (χ0) is 16.2. The highest BCUT2D eigenvalue weighted by atomic mass is 35.5. The van der Waals surface area contributed by atoms with Gasteiger partial charge in [0.1, 0.15) is 5.75 Å². The molecule has 0 aliphatic carbocycles. The average Bonchev–Trinajstić information content (AvgIpc) is 3.16. The summed E-state index contributed by atoms with van der Waals surface area (Å²) in [4.78, 5) is 26.4. The van der Waals surface area contributed by atoms with Gasteiger partial charge in [-0.2, -0.15) is 0 Å². The van der Waals surface area contributed by atoms with Crippen LogP contribution in [0.1, 0.15) is 29.6 Å².